The first-order chi connectivity index (χ1) is 10.1. The Hall–Kier alpha value is -1.00. The summed E-state index contributed by atoms with van der Waals surface area (Å²) in [6.07, 6.45) is 2.13. The summed E-state index contributed by atoms with van der Waals surface area (Å²) >= 11 is 0. The van der Waals surface area contributed by atoms with Crippen molar-refractivity contribution in [3.63, 3.8) is 0 Å². The first-order valence-corrected chi connectivity index (χ1v) is 7.97. The highest BCUT2D eigenvalue weighted by atomic mass is 19.2. The minimum Gasteiger partial charge on any atom is -0.311 e. The Morgan fingerprint density at radius 3 is 2.76 bits per heavy atom. The van der Waals surface area contributed by atoms with E-state index in [1.54, 1.807) is 12.1 Å². The predicted octanol–water partition coefficient (Wildman–Crippen LogP) is 3.56. The Labute approximate surface area is 126 Å². The summed E-state index contributed by atoms with van der Waals surface area (Å²) in [7, 11) is 0. The zero-order chi connectivity index (χ0) is 15.4. The molecule has 21 heavy (non-hydrogen) atoms. The maximum Gasteiger partial charge on any atom is 0.163 e. The third kappa shape index (κ3) is 3.80. The molecule has 0 amide bonds. The van der Waals surface area contributed by atoms with E-state index in [0.717, 1.165) is 25.9 Å². The average Bonchev–Trinajstić information content (AvgIpc) is 2.51. The molecule has 0 bridgehead atoms. The lowest BCUT2D eigenvalue weighted by Crippen LogP contribution is -2.57. The largest absolute Gasteiger partial charge is 0.311 e. The van der Waals surface area contributed by atoms with Crippen molar-refractivity contribution in [2.75, 3.05) is 13.1 Å². The number of hydrogen-bond acceptors (Lipinski definition) is 2. The summed E-state index contributed by atoms with van der Waals surface area (Å²) in [6, 6.07) is 5.26. The third-order valence-corrected chi connectivity index (χ3v) is 4.77. The molecule has 0 radical (unpaired) electrons. The van der Waals surface area contributed by atoms with Crippen molar-refractivity contribution in [1.82, 2.24) is 10.2 Å². The van der Waals surface area contributed by atoms with Crippen LogP contribution < -0.4 is 5.32 Å². The normalized spacial score (nSPS) is 25.0. The maximum atomic E-state index is 13.9. The summed E-state index contributed by atoms with van der Waals surface area (Å²) in [4.78, 5) is 2.30. The quantitative estimate of drug-likeness (QED) is 0.893. The molecule has 2 rings (SSSR count). The van der Waals surface area contributed by atoms with E-state index in [9.17, 15) is 8.78 Å². The SMILES string of the molecule is CCC(C)C1CN(Cc2cccc(F)c2F)C(CC)CN1. The van der Waals surface area contributed by atoms with Crippen LogP contribution >= 0.6 is 0 Å². The summed E-state index contributed by atoms with van der Waals surface area (Å²) in [5.74, 6) is -0.872. The van der Waals surface area contributed by atoms with Crippen molar-refractivity contribution < 1.29 is 8.78 Å². The highest BCUT2D eigenvalue weighted by molar-refractivity contribution is 5.19. The van der Waals surface area contributed by atoms with Gasteiger partial charge >= 0.3 is 0 Å². The van der Waals surface area contributed by atoms with Gasteiger partial charge in [0, 0.05) is 37.3 Å². The molecule has 118 valence electrons. The summed E-state index contributed by atoms with van der Waals surface area (Å²) in [6.45, 7) is 8.87. The van der Waals surface area contributed by atoms with Crippen LogP contribution in [0.2, 0.25) is 0 Å². The zero-order valence-corrected chi connectivity index (χ0v) is 13.2. The molecule has 1 aromatic rings. The predicted molar refractivity (Wildman–Crippen MR) is 82.1 cm³/mol. The molecule has 2 nitrogen and oxygen atoms in total. The van der Waals surface area contributed by atoms with Gasteiger partial charge in [-0.2, -0.15) is 0 Å². The molecule has 0 saturated carbocycles. The van der Waals surface area contributed by atoms with Crippen molar-refractivity contribution >= 4 is 0 Å². The Balaban J connectivity index is 2.12. The highest BCUT2D eigenvalue weighted by Crippen LogP contribution is 2.21. The van der Waals surface area contributed by atoms with Crippen LogP contribution in [0.3, 0.4) is 0 Å². The molecule has 1 aliphatic heterocycles. The molecule has 1 heterocycles. The van der Waals surface area contributed by atoms with Gasteiger partial charge in [0.2, 0.25) is 0 Å². The molecule has 0 aliphatic carbocycles. The first kappa shape index (κ1) is 16.4. The second-order valence-corrected chi connectivity index (χ2v) is 6.10. The van der Waals surface area contributed by atoms with E-state index in [0.29, 0.717) is 30.1 Å². The van der Waals surface area contributed by atoms with Crippen LogP contribution in [-0.4, -0.2) is 30.1 Å². The molecule has 3 unspecified atom stereocenters. The number of benzene rings is 1. The lowest BCUT2D eigenvalue weighted by molar-refractivity contribution is 0.0980. The van der Waals surface area contributed by atoms with Gasteiger partial charge in [-0.1, -0.05) is 39.3 Å². The van der Waals surface area contributed by atoms with Crippen LogP contribution in [-0.2, 0) is 6.54 Å². The number of rotatable bonds is 5. The van der Waals surface area contributed by atoms with E-state index in [1.165, 1.54) is 6.07 Å². The van der Waals surface area contributed by atoms with E-state index < -0.39 is 11.6 Å². The zero-order valence-electron chi connectivity index (χ0n) is 13.2. The second-order valence-electron chi connectivity index (χ2n) is 6.10. The first-order valence-electron chi connectivity index (χ1n) is 7.97. The second kappa shape index (κ2) is 7.32. The number of nitrogens with zero attached hydrogens (tertiary/aromatic N) is 1. The van der Waals surface area contributed by atoms with E-state index in [4.69, 9.17) is 0 Å². The number of hydrogen-bond donors (Lipinski definition) is 1. The van der Waals surface area contributed by atoms with Crippen LogP contribution in [0.5, 0.6) is 0 Å². The highest BCUT2D eigenvalue weighted by Gasteiger charge is 2.29. The smallest absolute Gasteiger partial charge is 0.163 e. The topological polar surface area (TPSA) is 15.3 Å². The molecule has 1 saturated heterocycles. The van der Waals surface area contributed by atoms with Crippen molar-refractivity contribution in [3.05, 3.63) is 35.4 Å². The van der Waals surface area contributed by atoms with Gasteiger partial charge in [-0.3, -0.25) is 4.90 Å². The lowest BCUT2D eigenvalue weighted by Gasteiger charge is -2.42. The fourth-order valence-electron chi connectivity index (χ4n) is 3.03. The van der Waals surface area contributed by atoms with E-state index in [2.05, 4.69) is 31.0 Å². The van der Waals surface area contributed by atoms with Crippen LogP contribution in [0.4, 0.5) is 8.78 Å². The fraction of sp³-hybridized carbons (Fsp3) is 0.647. The Bertz CT molecular complexity index is 464. The van der Waals surface area contributed by atoms with E-state index in [-0.39, 0.29) is 0 Å². The fourth-order valence-corrected chi connectivity index (χ4v) is 3.03. The van der Waals surface area contributed by atoms with Gasteiger partial charge in [-0.15, -0.1) is 0 Å². The van der Waals surface area contributed by atoms with Gasteiger partial charge in [0.05, 0.1) is 0 Å². The molecule has 1 aliphatic rings. The van der Waals surface area contributed by atoms with Gasteiger partial charge in [0.1, 0.15) is 0 Å². The van der Waals surface area contributed by atoms with Crippen LogP contribution in [0.25, 0.3) is 0 Å². The minimum atomic E-state index is -0.755. The standard InChI is InChI=1S/C17H26F2N2/c1-4-12(3)16-11-21(14(5-2)9-20-16)10-13-7-6-8-15(18)17(13)19/h6-8,12,14,16,20H,4-5,9-11H2,1-3H3. The monoisotopic (exact) mass is 296 g/mol. The average molecular weight is 296 g/mol. The molecule has 0 aromatic heterocycles. The molecular weight excluding hydrogens is 270 g/mol. The summed E-state index contributed by atoms with van der Waals surface area (Å²) < 4.78 is 27.3. The molecule has 1 fully saturated rings. The van der Waals surface area contributed by atoms with E-state index >= 15 is 0 Å². The van der Waals surface area contributed by atoms with Crippen molar-refractivity contribution in [1.29, 1.82) is 0 Å². The molecule has 1 N–H and O–H groups in total. The Morgan fingerprint density at radius 2 is 2.10 bits per heavy atom. The molecular formula is C17H26F2N2. The van der Waals surface area contributed by atoms with Crippen LogP contribution in [0.15, 0.2) is 18.2 Å². The Morgan fingerprint density at radius 1 is 1.33 bits per heavy atom. The molecule has 4 heteroatoms. The van der Waals surface area contributed by atoms with Gasteiger partial charge < -0.3 is 5.32 Å². The minimum absolute atomic E-state index is 0.382. The van der Waals surface area contributed by atoms with Crippen molar-refractivity contribution in [2.45, 2.75) is 52.2 Å². The number of piperazine rings is 1. The number of halogens is 2. The maximum absolute atomic E-state index is 13.9. The summed E-state index contributed by atoms with van der Waals surface area (Å²) in [5, 5.41) is 3.60. The molecule has 1 aromatic carbocycles. The van der Waals surface area contributed by atoms with Gasteiger partial charge in [-0.25, -0.2) is 8.78 Å². The number of nitrogens with one attached hydrogen (secondary N) is 1. The third-order valence-electron chi connectivity index (χ3n) is 4.77. The van der Waals surface area contributed by atoms with Crippen LogP contribution in [0.1, 0.15) is 39.2 Å². The van der Waals surface area contributed by atoms with Crippen molar-refractivity contribution in [2.24, 2.45) is 5.92 Å². The lowest BCUT2D eigenvalue weighted by atomic mass is 9.94. The van der Waals surface area contributed by atoms with Crippen molar-refractivity contribution in [3.8, 4) is 0 Å². The molecule has 3 atom stereocenters. The van der Waals surface area contributed by atoms with Gasteiger partial charge in [0.25, 0.3) is 0 Å². The van der Waals surface area contributed by atoms with Crippen LogP contribution in [0, 0.1) is 17.6 Å². The van der Waals surface area contributed by atoms with Gasteiger partial charge in [0.15, 0.2) is 11.6 Å². The van der Waals surface area contributed by atoms with E-state index in [1.807, 2.05) is 0 Å². The molecule has 0 spiro atoms. The van der Waals surface area contributed by atoms with Gasteiger partial charge in [-0.05, 0) is 18.4 Å². The Kier molecular flexibility index (Phi) is 5.71. The summed E-state index contributed by atoms with van der Waals surface area (Å²) in [5.41, 5.74) is 0.457.